The largest absolute Gasteiger partial charge is 0.309 e. The minimum atomic E-state index is 1.15. The normalized spacial score (nSPS) is 11.6. The number of fused-ring (bicyclic) bond motifs is 6. The van der Waals surface area contributed by atoms with Crippen molar-refractivity contribution in [2.45, 2.75) is 0 Å². The van der Waals surface area contributed by atoms with Crippen molar-refractivity contribution in [2.75, 3.05) is 0 Å². The lowest BCUT2D eigenvalue weighted by molar-refractivity contribution is 1.18. The second kappa shape index (κ2) is 13.4. The molecule has 0 spiro atoms. The monoisotopic (exact) mass is 729 g/mol. The summed E-state index contributed by atoms with van der Waals surface area (Å²) in [5, 5.41) is 5.17. The molecule has 0 aliphatic heterocycles. The van der Waals surface area contributed by atoms with Gasteiger partial charge in [-0.2, -0.15) is 0 Å². The van der Waals surface area contributed by atoms with E-state index in [4.69, 9.17) is 0 Å². The van der Waals surface area contributed by atoms with E-state index in [-0.39, 0.29) is 0 Å². The van der Waals surface area contributed by atoms with Gasteiger partial charge in [-0.1, -0.05) is 164 Å². The first kappa shape index (κ1) is 32.4. The summed E-state index contributed by atoms with van der Waals surface area (Å²) in [6.45, 7) is 0. The van der Waals surface area contributed by atoms with Crippen molar-refractivity contribution in [3.63, 3.8) is 0 Å². The Bertz CT molecular complexity index is 3180. The molecule has 0 unspecified atom stereocenters. The van der Waals surface area contributed by atoms with Crippen LogP contribution in [0.5, 0.6) is 0 Å². The number of para-hydroxylation sites is 2. The fourth-order valence-corrected chi connectivity index (χ4v) is 9.89. The Labute approximate surface area is 330 Å². The highest BCUT2D eigenvalue weighted by Gasteiger charge is 2.17. The van der Waals surface area contributed by atoms with Gasteiger partial charge in [-0.25, -0.2) is 0 Å². The Morgan fingerprint density at radius 3 is 1.32 bits per heavy atom. The van der Waals surface area contributed by atoms with Crippen molar-refractivity contribution in [3.8, 4) is 61.3 Å². The summed E-state index contributed by atoms with van der Waals surface area (Å²) in [5.41, 5.74) is 15.7. The molecule has 0 amide bonds. The molecule has 0 saturated heterocycles. The summed E-state index contributed by atoms with van der Waals surface area (Å²) < 4.78 is 5.02. The minimum absolute atomic E-state index is 1.15. The van der Waals surface area contributed by atoms with Crippen LogP contribution in [0, 0.1) is 0 Å². The predicted molar refractivity (Wildman–Crippen MR) is 241 cm³/mol. The Kier molecular flexibility index (Phi) is 7.75. The third kappa shape index (κ3) is 5.38. The molecule has 0 fully saturated rings. The SMILES string of the molecule is c1ccc(-c2ccccc2-c2cc(-c3ccccc3-c3ccc(-n4c5ccccc5c5ccccc54)cc3)cc(-c3cccc4c3sc3ccccc34)c2)cc1. The molecule has 2 heteroatoms. The van der Waals surface area contributed by atoms with Gasteiger partial charge in [0.1, 0.15) is 0 Å². The van der Waals surface area contributed by atoms with E-state index >= 15 is 0 Å². The molecule has 0 atom stereocenters. The van der Waals surface area contributed by atoms with Crippen LogP contribution >= 0.6 is 11.3 Å². The third-order valence-corrected chi connectivity index (χ3v) is 12.4. The maximum absolute atomic E-state index is 2.40. The summed E-state index contributed by atoms with van der Waals surface area (Å²) in [5.74, 6) is 0. The van der Waals surface area contributed by atoms with E-state index in [2.05, 4.69) is 217 Å². The lowest BCUT2D eigenvalue weighted by atomic mass is 9.87. The van der Waals surface area contributed by atoms with Gasteiger partial charge in [0.05, 0.1) is 11.0 Å². The molecule has 0 aliphatic rings. The number of nitrogens with zero attached hydrogens (tertiary/aromatic N) is 1. The van der Waals surface area contributed by atoms with Gasteiger partial charge in [-0.3, -0.25) is 0 Å². The molecule has 0 saturated carbocycles. The van der Waals surface area contributed by atoms with Gasteiger partial charge in [-0.15, -0.1) is 11.3 Å². The van der Waals surface area contributed by atoms with Gasteiger partial charge < -0.3 is 4.57 Å². The maximum atomic E-state index is 2.40. The molecule has 0 N–H and O–H groups in total. The van der Waals surface area contributed by atoms with Crippen LogP contribution in [0.3, 0.4) is 0 Å². The highest BCUT2D eigenvalue weighted by molar-refractivity contribution is 7.26. The van der Waals surface area contributed by atoms with Crippen molar-refractivity contribution >= 4 is 53.3 Å². The van der Waals surface area contributed by atoms with Crippen molar-refractivity contribution in [3.05, 3.63) is 212 Å². The van der Waals surface area contributed by atoms with Crippen molar-refractivity contribution < 1.29 is 0 Å². The molecule has 0 bridgehead atoms. The van der Waals surface area contributed by atoms with Gasteiger partial charge >= 0.3 is 0 Å². The van der Waals surface area contributed by atoms with Crippen LogP contribution in [0.4, 0.5) is 0 Å². The lowest BCUT2D eigenvalue weighted by Crippen LogP contribution is -1.94. The van der Waals surface area contributed by atoms with Crippen LogP contribution in [0.15, 0.2) is 212 Å². The first-order valence-corrected chi connectivity index (χ1v) is 20.0. The summed E-state index contributed by atoms with van der Waals surface area (Å²) in [7, 11) is 0. The average molecular weight is 730 g/mol. The smallest absolute Gasteiger partial charge is 0.0541 e. The molecule has 9 aromatic carbocycles. The van der Waals surface area contributed by atoms with E-state index in [9.17, 15) is 0 Å². The zero-order valence-electron chi connectivity index (χ0n) is 30.6. The minimum Gasteiger partial charge on any atom is -0.309 e. The average Bonchev–Trinajstić information content (AvgIpc) is 3.83. The standard InChI is InChI=1S/C54H35NS/c1-2-15-36(16-3-1)42-17-4-6-19-44(42)38-33-39(35-40(34-38)46-24-14-25-50-49-23-10-13-28-53(49)56-54(46)50)45-20-7-5-18-43(45)37-29-31-41(32-30-37)55-51-26-11-8-21-47(51)48-22-9-12-27-52(48)55/h1-35H. The van der Waals surface area contributed by atoms with Gasteiger partial charge in [0.2, 0.25) is 0 Å². The van der Waals surface area contributed by atoms with E-state index in [1.807, 2.05) is 11.3 Å². The fourth-order valence-electron chi connectivity index (χ4n) is 8.65. The molecule has 11 rings (SSSR count). The number of aromatic nitrogens is 1. The van der Waals surface area contributed by atoms with E-state index in [1.165, 1.54) is 97.6 Å². The lowest BCUT2D eigenvalue weighted by Gasteiger charge is -2.17. The Morgan fingerprint density at radius 1 is 0.286 bits per heavy atom. The number of benzene rings is 9. The molecule has 2 heterocycles. The van der Waals surface area contributed by atoms with Gasteiger partial charge in [0, 0.05) is 36.6 Å². The first-order valence-electron chi connectivity index (χ1n) is 19.2. The predicted octanol–water partition coefficient (Wildman–Crippen LogP) is 15.5. The van der Waals surface area contributed by atoms with Crippen LogP contribution in [0.2, 0.25) is 0 Å². The van der Waals surface area contributed by atoms with Crippen molar-refractivity contribution in [1.29, 1.82) is 0 Å². The molecular formula is C54H35NS. The number of thiophene rings is 1. The summed E-state index contributed by atoms with van der Waals surface area (Å²) in [6, 6.07) is 77.7. The van der Waals surface area contributed by atoms with E-state index in [1.54, 1.807) is 0 Å². The number of hydrogen-bond acceptors (Lipinski definition) is 1. The quantitative estimate of drug-likeness (QED) is 0.161. The fraction of sp³-hybridized carbons (Fsp3) is 0. The zero-order valence-corrected chi connectivity index (χ0v) is 31.4. The second-order valence-electron chi connectivity index (χ2n) is 14.5. The van der Waals surface area contributed by atoms with Crippen LogP contribution in [-0.4, -0.2) is 4.57 Å². The van der Waals surface area contributed by atoms with Crippen molar-refractivity contribution in [2.24, 2.45) is 0 Å². The first-order chi connectivity index (χ1) is 27.8. The van der Waals surface area contributed by atoms with Crippen molar-refractivity contribution in [1.82, 2.24) is 4.57 Å². The van der Waals surface area contributed by atoms with Gasteiger partial charge in [-0.05, 0) is 104 Å². The Balaban J connectivity index is 1.10. The van der Waals surface area contributed by atoms with E-state index in [0.717, 1.165) is 5.69 Å². The summed E-state index contributed by atoms with van der Waals surface area (Å²) >= 11 is 1.89. The second-order valence-corrected chi connectivity index (χ2v) is 15.5. The summed E-state index contributed by atoms with van der Waals surface area (Å²) in [6.07, 6.45) is 0. The van der Waals surface area contributed by atoms with Crippen LogP contribution < -0.4 is 0 Å². The molecule has 2 aromatic heterocycles. The third-order valence-electron chi connectivity index (χ3n) is 11.2. The van der Waals surface area contributed by atoms with Gasteiger partial charge in [0.15, 0.2) is 0 Å². The molecular weight excluding hydrogens is 695 g/mol. The Hall–Kier alpha value is -7.00. The molecule has 262 valence electrons. The van der Waals surface area contributed by atoms with Crippen LogP contribution in [0.25, 0.3) is 103 Å². The number of rotatable bonds is 6. The highest BCUT2D eigenvalue weighted by atomic mass is 32.1. The summed E-state index contributed by atoms with van der Waals surface area (Å²) in [4.78, 5) is 0. The molecule has 0 aliphatic carbocycles. The van der Waals surface area contributed by atoms with E-state index in [0.29, 0.717) is 0 Å². The van der Waals surface area contributed by atoms with Gasteiger partial charge in [0.25, 0.3) is 0 Å². The maximum Gasteiger partial charge on any atom is 0.0541 e. The van der Waals surface area contributed by atoms with Crippen LogP contribution in [-0.2, 0) is 0 Å². The number of hydrogen-bond donors (Lipinski definition) is 0. The molecule has 11 aromatic rings. The topological polar surface area (TPSA) is 4.93 Å². The Morgan fingerprint density at radius 2 is 0.714 bits per heavy atom. The zero-order chi connectivity index (χ0) is 37.0. The molecule has 1 nitrogen and oxygen atoms in total. The van der Waals surface area contributed by atoms with Crippen LogP contribution in [0.1, 0.15) is 0 Å². The highest BCUT2D eigenvalue weighted by Crippen LogP contribution is 2.44. The molecule has 0 radical (unpaired) electrons. The van der Waals surface area contributed by atoms with E-state index < -0.39 is 0 Å². The molecule has 56 heavy (non-hydrogen) atoms.